The number of aromatic nitrogens is 3. The molecule has 3 N–H and O–H groups in total. The van der Waals surface area contributed by atoms with Gasteiger partial charge in [-0.05, 0) is 19.4 Å². The standard InChI is InChI=1S/C9H12N4S/c10-3-1-2-7-4-11-9(13-7)8-5-14-6-12-8/h4-6H,1-3,10H2,(H,11,13). The summed E-state index contributed by atoms with van der Waals surface area (Å²) in [7, 11) is 0. The molecule has 0 aliphatic carbocycles. The molecule has 0 aliphatic heterocycles. The number of nitrogens with zero attached hydrogens (tertiary/aromatic N) is 2. The predicted octanol–water partition coefficient (Wildman–Crippen LogP) is 1.42. The van der Waals surface area contributed by atoms with Crippen LogP contribution in [0.2, 0.25) is 0 Å². The van der Waals surface area contributed by atoms with Crippen molar-refractivity contribution in [1.29, 1.82) is 0 Å². The average molecular weight is 208 g/mol. The Kier molecular flexibility index (Phi) is 2.90. The first-order valence-corrected chi connectivity index (χ1v) is 5.47. The van der Waals surface area contributed by atoms with Gasteiger partial charge in [0.2, 0.25) is 0 Å². The zero-order chi connectivity index (χ0) is 9.80. The van der Waals surface area contributed by atoms with Crippen molar-refractivity contribution in [1.82, 2.24) is 15.0 Å². The highest BCUT2D eigenvalue weighted by atomic mass is 32.1. The van der Waals surface area contributed by atoms with E-state index in [-0.39, 0.29) is 0 Å². The fraction of sp³-hybridized carbons (Fsp3) is 0.333. The normalized spacial score (nSPS) is 10.6. The molecule has 2 heterocycles. The van der Waals surface area contributed by atoms with Crippen LogP contribution in [0.5, 0.6) is 0 Å². The van der Waals surface area contributed by atoms with E-state index >= 15 is 0 Å². The van der Waals surface area contributed by atoms with Crippen LogP contribution in [0.3, 0.4) is 0 Å². The third-order valence-electron chi connectivity index (χ3n) is 1.95. The van der Waals surface area contributed by atoms with Crippen molar-refractivity contribution in [3.8, 4) is 11.5 Å². The SMILES string of the molecule is NCCCc1cnc(-c2cscn2)[nH]1. The Balaban J connectivity index is 2.10. The van der Waals surface area contributed by atoms with Crippen LogP contribution >= 0.6 is 11.3 Å². The minimum Gasteiger partial charge on any atom is -0.341 e. The van der Waals surface area contributed by atoms with Crippen LogP contribution in [0.4, 0.5) is 0 Å². The number of imidazole rings is 1. The van der Waals surface area contributed by atoms with Crippen molar-refractivity contribution < 1.29 is 0 Å². The quantitative estimate of drug-likeness (QED) is 0.798. The third-order valence-corrected chi connectivity index (χ3v) is 2.54. The van der Waals surface area contributed by atoms with Gasteiger partial charge in [0, 0.05) is 17.3 Å². The number of rotatable bonds is 4. The number of H-pyrrole nitrogens is 1. The highest BCUT2D eigenvalue weighted by Gasteiger charge is 2.04. The largest absolute Gasteiger partial charge is 0.341 e. The highest BCUT2D eigenvalue weighted by Crippen LogP contribution is 2.15. The van der Waals surface area contributed by atoms with Crippen LogP contribution in [-0.4, -0.2) is 21.5 Å². The minimum atomic E-state index is 0.713. The molecule has 0 fully saturated rings. The van der Waals surface area contributed by atoms with Crippen molar-refractivity contribution >= 4 is 11.3 Å². The van der Waals surface area contributed by atoms with E-state index in [9.17, 15) is 0 Å². The van der Waals surface area contributed by atoms with Crippen LogP contribution in [0.1, 0.15) is 12.1 Å². The van der Waals surface area contributed by atoms with Gasteiger partial charge in [0.15, 0.2) is 5.82 Å². The Labute approximate surface area is 86.2 Å². The summed E-state index contributed by atoms with van der Waals surface area (Å²) in [4.78, 5) is 11.7. The third kappa shape index (κ3) is 2.00. The molecule has 0 aliphatic rings. The lowest BCUT2D eigenvalue weighted by molar-refractivity contribution is 0.816. The molecular weight excluding hydrogens is 196 g/mol. The molecule has 0 unspecified atom stereocenters. The summed E-state index contributed by atoms with van der Waals surface area (Å²) in [5.41, 5.74) is 9.27. The first-order valence-electron chi connectivity index (χ1n) is 4.52. The second kappa shape index (κ2) is 4.34. The molecule has 0 spiro atoms. The molecule has 0 saturated heterocycles. The highest BCUT2D eigenvalue weighted by molar-refractivity contribution is 7.07. The van der Waals surface area contributed by atoms with E-state index < -0.39 is 0 Å². The lowest BCUT2D eigenvalue weighted by atomic mass is 10.2. The molecule has 0 bridgehead atoms. The number of aryl methyl sites for hydroxylation is 1. The van der Waals surface area contributed by atoms with Gasteiger partial charge in [0.1, 0.15) is 5.69 Å². The lowest BCUT2D eigenvalue weighted by Gasteiger charge is -1.93. The Hall–Kier alpha value is -1.20. The smallest absolute Gasteiger partial charge is 0.157 e. The van der Waals surface area contributed by atoms with Gasteiger partial charge in [-0.1, -0.05) is 0 Å². The van der Waals surface area contributed by atoms with Crippen molar-refractivity contribution in [3.63, 3.8) is 0 Å². The first-order chi connectivity index (χ1) is 6.90. The minimum absolute atomic E-state index is 0.713. The molecule has 74 valence electrons. The van der Waals surface area contributed by atoms with Gasteiger partial charge in [-0.25, -0.2) is 9.97 Å². The van der Waals surface area contributed by atoms with Crippen molar-refractivity contribution in [3.05, 3.63) is 22.8 Å². The summed E-state index contributed by atoms with van der Waals surface area (Å²) in [5.74, 6) is 0.846. The maximum Gasteiger partial charge on any atom is 0.157 e. The maximum absolute atomic E-state index is 5.43. The van der Waals surface area contributed by atoms with Crippen LogP contribution in [0.15, 0.2) is 17.1 Å². The summed E-state index contributed by atoms with van der Waals surface area (Å²) >= 11 is 1.57. The van der Waals surface area contributed by atoms with Crippen molar-refractivity contribution in [2.24, 2.45) is 5.73 Å². The van der Waals surface area contributed by atoms with E-state index in [0.717, 1.165) is 30.1 Å². The molecule has 2 aromatic rings. The van der Waals surface area contributed by atoms with Crippen molar-refractivity contribution in [2.75, 3.05) is 6.54 Å². The van der Waals surface area contributed by atoms with Gasteiger partial charge >= 0.3 is 0 Å². The van der Waals surface area contributed by atoms with Gasteiger partial charge in [-0.2, -0.15) is 0 Å². The van der Waals surface area contributed by atoms with Gasteiger partial charge in [-0.3, -0.25) is 0 Å². The molecule has 2 rings (SSSR count). The predicted molar refractivity (Wildman–Crippen MR) is 57.1 cm³/mol. The number of hydrogen-bond donors (Lipinski definition) is 2. The van der Waals surface area contributed by atoms with E-state index in [1.807, 2.05) is 11.6 Å². The van der Waals surface area contributed by atoms with Crippen LogP contribution in [-0.2, 0) is 6.42 Å². The molecule has 0 radical (unpaired) electrons. The Morgan fingerprint density at radius 1 is 1.43 bits per heavy atom. The molecule has 4 nitrogen and oxygen atoms in total. The van der Waals surface area contributed by atoms with E-state index in [4.69, 9.17) is 5.73 Å². The number of nitrogens with two attached hydrogens (primary N) is 1. The fourth-order valence-electron chi connectivity index (χ4n) is 1.24. The Bertz CT molecular complexity index is 379. The molecule has 0 atom stereocenters. The number of nitrogens with one attached hydrogen (secondary N) is 1. The molecule has 0 saturated carbocycles. The monoisotopic (exact) mass is 208 g/mol. The average Bonchev–Trinajstić information content (AvgIpc) is 2.85. The van der Waals surface area contributed by atoms with E-state index in [2.05, 4.69) is 15.0 Å². The second-order valence-electron chi connectivity index (χ2n) is 3.02. The van der Waals surface area contributed by atoms with Gasteiger partial charge in [-0.15, -0.1) is 11.3 Å². The molecule has 0 aromatic carbocycles. The lowest BCUT2D eigenvalue weighted by Crippen LogP contribution is -2.00. The fourth-order valence-corrected chi connectivity index (χ4v) is 1.77. The zero-order valence-electron chi connectivity index (χ0n) is 7.73. The first kappa shape index (κ1) is 9.36. The summed E-state index contributed by atoms with van der Waals surface area (Å²) in [5, 5.41) is 1.98. The molecule has 5 heteroatoms. The summed E-state index contributed by atoms with van der Waals surface area (Å²) in [6, 6.07) is 0. The molecule has 2 aromatic heterocycles. The number of thiazole rings is 1. The van der Waals surface area contributed by atoms with E-state index in [1.54, 1.807) is 16.8 Å². The van der Waals surface area contributed by atoms with Crippen molar-refractivity contribution in [2.45, 2.75) is 12.8 Å². The topological polar surface area (TPSA) is 67.6 Å². The van der Waals surface area contributed by atoms with E-state index in [1.165, 1.54) is 0 Å². The zero-order valence-corrected chi connectivity index (χ0v) is 8.55. The molecule has 0 amide bonds. The van der Waals surface area contributed by atoms with Gasteiger partial charge in [0.25, 0.3) is 0 Å². The van der Waals surface area contributed by atoms with Crippen LogP contribution in [0, 0.1) is 0 Å². The van der Waals surface area contributed by atoms with E-state index in [0.29, 0.717) is 6.54 Å². The van der Waals surface area contributed by atoms with Gasteiger partial charge in [0.05, 0.1) is 5.51 Å². The second-order valence-corrected chi connectivity index (χ2v) is 3.74. The number of hydrogen-bond acceptors (Lipinski definition) is 4. The Morgan fingerprint density at radius 3 is 3.07 bits per heavy atom. The summed E-state index contributed by atoms with van der Waals surface area (Å²) in [6.45, 7) is 0.713. The number of aromatic amines is 1. The summed E-state index contributed by atoms with van der Waals surface area (Å²) < 4.78 is 0. The van der Waals surface area contributed by atoms with Gasteiger partial charge < -0.3 is 10.7 Å². The Morgan fingerprint density at radius 2 is 2.36 bits per heavy atom. The van der Waals surface area contributed by atoms with Crippen LogP contribution < -0.4 is 5.73 Å². The molecule has 14 heavy (non-hydrogen) atoms. The van der Waals surface area contributed by atoms with Crippen LogP contribution in [0.25, 0.3) is 11.5 Å². The maximum atomic E-state index is 5.43. The molecular formula is C9H12N4S. The summed E-state index contributed by atoms with van der Waals surface area (Å²) in [6.07, 6.45) is 3.79.